The van der Waals surface area contributed by atoms with Crippen molar-refractivity contribution in [3.05, 3.63) is 41.9 Å². The van der Waals surface area contributed by atoms with Crippen molar-refractivity contribution < 1.29 is 14.3 Å². The van der Waals surface area contributed by atoms with Crippen molar-refractivity contribution in [2.24, 2.45) is 11.7 Å². The van der Waals surface area contributed by atoms with Crippen LogP contribution in [-0.4, -0.2) is 28.3 Å². The van der Waals surface area contributed by atoms with E-state index in [1.807, 2.05) is 39.0 Å². The second kappa shape index (κ2) is 8.17. The number of nitrogens with zero attached hydrogens (tertiary/aromatic N) is 2. The van der Waals surface area contributed by atoms with Crippen LogP contribution in [-0.2, 0) is 4.74 Å². The number of carbonyl (C=O) groups excluding carboxylic acids is 1. The van der Waals surface area contributed by atoms with Gasteiger partial charge in [0, 0.05) is 17.5 Å². The fraction of sp³-hybridized carbons (Fsp3) is 0.450. The molecule has 0 spiro atoms. The van der Waals surface area contributed by atoms with Crippen molar-refractivity contribution in [1.29, 1.82) is 0 Å². The first kappa shape index (κ1) is 19.7. The van der Waals surface area contributed by atoms with Crippen molar-refractivity contribution in [2.45, 2.75) is 46.6 Å². The molecule has 6 heteroatoms. The Labute approximate surface area is 154 Å². The maximum atomic E-state index is 11.2. The molecule has 0 aliphatic heterocycles. The third-order valence-corrected chi connectivity index (χ3v) is 3.98. The Balaban J connectivity index is 2.15. The second-order valence-corrected chi connectivity index (χ2v) is 7.28. The molecule has 26 heavy (non-hydrogen) atoms. The summed E-state index contributed by atoms with van der Waals surface area (Å²) in [5.41, 5.74) is 8.19. The number of carbonyl (C=O) groups is 1. The summed E-state index contributed by atoms with van der Waals surface area (Å²) in [7, 11) is 0. The lowest BCUT2D eigenvalue weighted by Crippen LogP contribution is -2.41. The third kappa shape index (κ3) is 5.44. The predicted molar refractivity (Wildman–Crippen MR) is 101 cm³/mol. The number of nitrogens with two attached hydrogens (primary N) is 1. The van der Waals surface area contributed by atoms with E-state index in [-0.39, 0.29) is 6.61 Å². The van der Waals surface area contributed by atoms with Gasteiger partial charge in [0.05, 0.1) is 11.9 Å². The molecule has 6 nitrogen and oxygen atoms in total. The largest absolute Gasteiger partial charge is 0.488 e. The molecule has 0 bridgehead atoms. The minimum absolute atomic E-state index is 0.213. The van der Waals surface area contributed by atoms with Crippen molar-refractivity contribution in [2.75, 3.05) is 6.61 Å². The molecule has 1 unspecified atom stereocenters. The number of pyridine rings is 2. The zero-order chi connectivity index (χ0) is 19.3. The smallest absolute Gasteiger partial charge is 0.405 e. The number of ether oxygens (including phenoxy) is 2. The lowest BCUT2D eigenvalue weighted by molar-refractivity contribution is -0.0188. The van der Waals surface area contributed by atoms with Crippen LogP contribution >= 0.6 is 0 Å². The summed E-state index contributed by atoms with van der Waals surface area (Å²) in [6.07, 6.45) is 3.32. The van der Waals surface area contributed by atoms with Gasteiger partial charge in [0.25, 0.3) is 0 Å². The second-order valence-electron chi connectivity index (χ2n) is 7.28. The number of rotatable bonds is 7. The number of amides is 1. The van der Waals surface area contributed by atoms with Crippen LogP contribution in [0.25, 0.3) is 11.3 Å². The molecule has 0 fully saturated rings. The van der Waals surface area contributed by atoms with Gasteiger partial charge >= 0.3 is 6.09 Å². The van der Waals surface area contributed by atoms with Crippen molar-refractivity contribution in [3.63, 3.8) is 0 Å². The molecule has 2 aromatic heterocycles. The highest BCUT2D eigenvalue weighted by Gasteiger charge is 2.30. The van der Waals surface area contributed by atoms with Gasteiger partial charge in [-0.25, -0.2) is 4.79 Å². The molecular formula is C20H27N3O3. The number of aryl methyl sites for hydroxylation is 2. The molecule has 0 saturated carbocycles. The summed E-state index contributed by atoms with van der Waals surface area (Å²) in [5.74, 6) is 0.988. The molecule has 2 N–H and O–H groups in total. The van der Waals surface area contributed by atoms with Crippen LogP contribution in [0.2, 0.25) is 0 Å². The first-order chi connectivity index (χ1) is 12.2. The number of aromatic nitrogens is 2. The van der Waals surface area contributed by atoms with Crippen molar-refractivity contribution >= 4 is 6.09 Å². The quantitative estimate of drug-likeness (QED) is 0.808. The van der Waals surface area contributed by atoms with E-state index in [9.17, 15) is 4.79 Å². The lowest BCUT2D eigenvalue weighted by Gasteiger charge is -2.30. The minimum atomic E-state index is -0.796. The summed E-state index contributed by atoms with van der Waals surface area (Å²) in [6, 6.07) is 5.89. The molecule has 1 amide bonds. The number of primary amides is 1. The Bertz CT molecular complexity index is 777. The van der Waals surface area contributed by atoms with Crippen LogP contribution in [0.1, 0.15) is 38.4 Å². The van der Waals surface area contributed by atoms with Crippen LogP contribution in [0.4, 0.5) is 4.79 Å². The molecule has 0 aliphatic carbocycles. The number of hydrogen-bond acceptors (Lipinski definition) is 5. The van der Waals surface area contributed by atoms with E-state index >= 15 is 0 Å². The summed E-state index contributed by atoms with van der Waals surface area (Å²) in [4.78, 5) is 19.9. The van der Waals surface area contributed by atoms with E-state index in [4.69, 9.17) is 15.2 Å². The topological polar surface area (TPSA) is 87.3 Å². The number of hydrogen-bond donors (Lipinski definition) is 1. The average Bonchev–Trinajstić information content (AvgIpc) is 2.52. The van der Waals surface area contributed by atoms with Gasteiger partial charge < -0.3 is 15.2 Å². The molecule has 0 radical (unpaired) electrons. The predicted octanol–water partition coefficient (Wildman–Crippen LogP) is 4.04. The maximum absolute atomic E-state index is 11.2. The SMILES string of the molecule is Cc1cc(-c2cc(C)c(OCC(C)(CC(C)C)OC(N)=O)cn2)ccn1. The van der Waals surface area contributed by atoms with Gasteiger partial charge in [-0.1, -0.05) is 13.8 Å². The van der Waals surface area contributed by atoms with Crippen LogP contribution in [0.5, 0.6) is 5.75 Å². The molecule has 140 valence electrons. The molecule has 2 aromatic rings. The van der Waals surface area contributed by atoms with Gasteiger partial charge in [0.1, 0.15) is 18.0 Å². The lowest BCUT2D eigenvalue weighted by atomic mass is 9.95. The summed E-state index contributed by atoms with van der Waals surface area (Å²) < 4.78 is 11.2. The van der Waals surface area contributed by atoms with Crippen LogP contribution in [0, 0.1) is 19.8 Å². The molecule has 0 aliphatic rings. The van der Waals surface area contributed by atoms with E-state index in [1.54, 1.807) is 12.4 Å². The standard InChI is InChI=1S/C20H27N3O3/c1-13(2)10-20(5,26-19(21)24)12-25-18-11-23-17(8-14(18)3)16-6-7-22-15(4)9-16/h6-9,11,13H,10,12H2,1-5H3,(H2,21,24). The van der Waals surface area contributed by atoms with E-state index in [1.165, 1.54) is 0 Å². The van der Waals surface area contributed by atoms with Gasteiger partial charge in [-0.15, -0.1) is 0 Å². The minimum Gasteiger partial charge on any atom is -0.488 e. The summed E-state index contributed by atoms with van der Waals surface area (Å²) in [5, 5.41) is 0. The maximum Gasteiger partial charge on any atom is 0.405 e. The summed E-state index contributed by atoms with van der Waals surface area (Å²) in [6.45, 7) is 10.1. The van der Waals surface area contributed by atoms with Gasteiger partial charge in [-0.05, 0) is 56.9 Å². The molecule has 0 aromatic carbocycles. The first-order valence-electron chi connectivity index (χ1n) is 8.69. The van der Waals surface area contributed by atoms with Crippen molar-refractivity contribution in [1.82, 2.24) is 9.97 Å². The first-order valence-corrected chi connectivity index (χ1v) is 8.69. The van der Waals surface area contributed by atoms with Gasteiger partial charge in [0.15, 0.2) is 0 Å². The Morgan fingerprint density at radius 3 is 2.58 bits per heavy atom. The molecular weight excluding hydrogens is 330 g/mol. The fourth-order valence-electron chi connectivity index (χ4n) is 3.02. The third-order valence-electron chi connectivity index (χ3n) is 3.98. The average molecular weight is 357 g/mol. The van der Waals surface area contributed by atoms with Gasteiger partial charge in [-0.2, -0.15) is 0 Å². The van der Waals surface area contributed by atoms with E-state index < -0.39 is 11.7 Å². The zero-order valence-electron chi connectivity index (χ0n) is 16.1. The zero-order valence-corrected chi connectivity index (χ0v) is 16.1. The van der Waals surface area contributed by atoms with Gasteiger partial charge in [0.2, 0.25) is 0 Å². The molecule has 0 saturated heterocycles. The normalized spacial score (nSPS) is 13.3. The summed E-state index contributed by atoms with van der Waals surface area (Å²) >= 11 is 0. The van der Waals surface area contributed by atoms with E-state index in [0.717, 1.165) is 22.5 Å². The molecule has 1 atom stereocenters. The van der Waals surface area contributed by atoms with E-state index in [2.05, 4.69) is 23.8 Å². The highest BCUT2D eigenvalue weighted by molar-refractivity contribution is 5.65. The Hall–Kier alpha value is -2.63. The Kier molecular flexibility index (Phi) is 6.18. The van der Waals surface area contributed by atoms with Crippen LogP contribution < -0.4 is 10.5 Å². The van der Waals surface area contributed by atoms with Crippen LogP contribution in [0.3, 0.4) is 0 Å². The van der Waals surface area contributed by atoms with Crippen LogP contribution in [0.15, 0.2) is 30.6 Å². The molecule has 2 heterocycles. The Morgan fingerprint density at radius 1 is 1.27 bits per heavy atom. The van der Waals surface area contributed by atoms with Gasteiger partial charge in [-0.3, -0.25) is 9.97 Å². The van der Waals surface area contributed by atoms with E-state index in [0.29, 0.717) is 18.1 Å². The highest BCUT2D eigenvalue weighted by atomic mass is 16.6. The molecule has 2 rings (SSSR count). The highest BCUT2D eigenvalue weighted by Crippen LogP contribution is 2.27. The van der Waals surface area contributed by atoms with Crippen molar-refractivity contribution in [3.8, 4) is 17.0 Å². The fourth-order valence-corrected chi connectivity index (χ4v) is 3.02. The monoisotopic (exact) mass is 357 g/mol. The Morgan fingerprint density at radius 2 is 2.00 bits per heavy atom.